The highest BCUT2D eigenvalue weighted by Crippen LogP contribution is 2.22. The van der Waals surface area contributed by atoms with Crippen LogP contribution in [0.1, 0.15) is 11.1 Å². The SMILES string of the molecule is Cc1cccc(C)c1OCC(=O)NNc1ccc([N+](=O)[O-])cn1. The number of nitro groups is 1. The number of para-hydroxylation sites is 1. The van der Waals surface area contributed by atoms with Gasteiger partial charge in [-0.25, -0.2) is 4.98 Å². The molecule has 0 unspecified atom stereocenters. The van der Waals surface area contributed by atoms with E-state index in [-0.39, 0.29) is 18.1 Å². The van der Waals surface area contributed by atoms with Gasteiger partial charge in [0.2, 0.25) is 0 Å². The van der Waals surface area contributed by atoms with Crippen LogP contribution in [0.2, 0.25) is 0 Å². The number of carbonyl (C=O) groups excluding carboxylic acids is 1. The van der Waals surface area contributed by atoms with Crippen molar-refractivity contribution in [2.24, 2.45) is 0 Å². The molecule has 0 saturated carbocycles. The topological polar surface area (TPSA) is 106 Å². The zero-order valence-electron chi connectivity index (χ0n) is 12.7. The molecule has 2 aromatic rings. The molecule has 23 heavy (non-hydrogen) atoms. The van der Waals surface area contributed by atoms with Crippen LogP contribution in [0.4, 0.5) is 11.5 Å². The maximum Gasteiger partial charge on any atom is 0.287 e. The molecule has 0 aliphatic carbocycles. The summed E-state index contributed by atoms with van der Waals surface area (Å²) >= 11 is 0. The first-order valence-corrected chi connectivity index (χ1v) is 6.81. The lowest BCUT2D eigenvalue weighted by atomic mass is 10.1. The summed E-state index contributed by atoms with van der Waals surface area (Å²) in [7, 11) is 0. The third kappa shape index (κ3) is 4.40. The second-order valence-corrected chi connectivity index (χ2v) is 4.84. The van der Waals surface area contributed by atoms with Crippen molar-refractivity contribution in [3.63, 3.8) is 0 Å². The van der Waals surface area contributed by atoms with Gasteiger partial charge in [0.25, 0.3) is 11.6 Å². The van der Waals surface area contributed by atoms with Gasteiger partial charge >= 0.3 is 0 Å². The van der Waals surface area contributed by atoms with E-state index in [1.165, 1.54) is 12.1 Å². The quantitative estimate of drug-likeness (QED) is 0.624. The van der Waals surface area contributed by atoms with E-state index in [4.69, 9.17) is 4.74 Å². The van der Waals surface area contributed by atoms with Crippen molar-refractivity contribution in [1.29, 1.82) is 0 Å². The number of benzene rings is 1. The first-order chi connectivity index (χ1) is 11.0. The normalized spacial score (nSPS) is 10.0. The lowest BCUT2D eigenvalue weighted by Crippen LogP contribution is -2.34. The molecule has 120 valence electrons. The predicted molar refractivity (Wildman–Crippen MR) is 84.1 cm³/mol. The summed E-state index contributed by atoms with van der Waals surface area (Å²) < 4.78 is 5.51. The van der Waals surface area contributed by atoms with E-state index in [0.29, 0.717) is 5.75 Å². The molecule has 0 fully saturated rings. The highest BCUT2D eigenvalue weighted by Gasteiger charge is 2.08. The Kier molecular flexibility index (Phi) is 5.08. The van der Waals surface area contributed by atoms with Crippen molar-refractivity contribution in [1.82, 2.24) is 10.4 Å². The molecule has 1 amide bonds. The van der Waals surface area contributed by atoms with Crippen LogP contribution in [0, 0.1) is 24.0 Å². The summed E-state index contributed by atoms with van der Waals surface area (Å²) in [5.74, 6) is 0.569. The van der Waals surface area contributed by atoms with Crippen LogP contribution in [0.5, 0.6) is 5.75 Å². The third-order valence-electron chi connectivity index (χ3n) is 3.05. The molecule has 1 aromatic carbocycles. The van der Waals surface area contributed by atoms with Crippen molar-refractivity contribution in [3.05, 3.63) is 57.8 Å². The van der Waals surface area contributed by atoms with Crippen molar-refractivity contribution < 1.29 is 14.5 Å². The predicted octanol–water partition coefficient (Wildman–Crippen LogP) is 2.13. The summed E-state index contributed by atoms with van der Waals surface area (Å²) in [5.41, 5.74) is 6.74. The number of amides is 1. The van der Waals surface area contributed by atoms with Gasteiger partial charge in [0, 0.05) is 6.07 Å². The Bertz CT molecular complexity index is 696. The minimum Gasteiger partial charge on any atom is -0.483 e. The highest BCUT2D eigenvalue weighted by molar-refractivity contribution is 5.78. The molecule has 1 heterocycles. The molecular weight excluding hydrogens is 300 g/mol. The second kappa shape index (κ2) is 7.21. The maximum atomic E-state index is 11.8. The zero-order chi connectivity index (χ0) is 16.8. The Morgan fingerprint density at radius 2 is 1.96 bits per heavy atom. The molecule has 0 atom stereocenters. The third-order valence-corrected chi connectivity index (χ3v) is 3.05. The van der Waals surface area contributed by atoms with Gasteiger partial charge < -0.3 is 4.74 Å². The number of aromatic nitrogens is 1. The summed E-state index contributed by atoms with van der Waals surface area (Å²) in [6.45, 7) is 3.64. The molecule has 0 spiro atoms. The van der Waals surface area contributed by atoms with Crippen molar-refractivity contribution in [2.75, 3.05) is 12.0 Å². The number of pyridine rings is 1. The highest BCUT2D eigenvalue weighted by atomic mass is 16.6. The van der Waals surface area contributed by atoms with E-state index in [9.17, 15) is 14.9 Å². The zero-order valence-corrected chi connectivity index (χ0v) is 12.7. The number of aryl methyl sites for hydroxylation is 2. The second-order valence-electron chi connectivity index (χ2n) is 4.84. The monoisotopic (exact) mass is 316 g/mol. The lowest BCUT2D eigenvalue weighted by Gasteiger charge is -2.12. The molecule has 2 N–H and O–H groups in total. The number of hydrazine groups is 1. The van der Waals surface area contributed by atoms with Crippen molar-refractivity contribution in [3.8, 4) is 5.75 Å². The minimum absolute atomic E-state index is 0.125. The number of nitrogens with one attached hydrogen (secondary N) is 2. The fraction of sp³-hybridized carbons (Fsp3) is 0.200. The van der Waals surface area contributed by atoms with Crippen LogP contribution in [0.15, 0.2) is 36.5 Å². The van der Waals surface area contributed by atoms with E-state index in [1.54, 1.807) is 0 Å². The van der Waals surface area contributed by atoms with E-state index >= 15 is 0 Å². The van der Waals surface area contributed by atoms with E-state index in [2.05, 4.69) is 15.8 Å². The number of ether oxygens (including phenoxy) is 1. The van der Waals surface area contributed by atoms with Gasteiger partial charge in [-0.05, 0) is 31.0 Å². The molecule has 0 radical (unpaired) electrons. The van der Waals surface area contributed by atoms with Crippen LogP contribution < -0.4 is 15.6 Å². The van der Waals surface area contributed by atoms with Crippen LogP contribution in [-0.4, -0.2) is 22.4 Å². The Balaban J connectivity index is 1.84. The Morgan fingerprint density at radius 3 is 2.52 bits per heavy atom. The Hall–Kier alpha value is -3.16. The number of carbonyl (C=O) groups is 1. The molecule has 2 rings (SSSR count). The van der Waals surface area contributed by atoms with Gasteiger partial charge in [-0.15, -0.1) is 0 Å². The minimum atomic E-state index is -0.548. The summed E-state index contributed by atoms with van der Waals surface area (Å²) in [4.78, 5) is 25.5. The van der Waals surface area contributed by atoms with Crippen LogP contribution in [-0.2, 0) is 4.79 Å². The first kappa shape index (κ1) is 16.2. The molecule has 0 aliphatic rings. The fourth-order valence-electron chi connectivity index (χ4n) is 1.90. The summed E-state index contributed by atoms with van der Waals surface area (Å²) in [6.07, 6.45) is 1.10. The fourth-order valence-corrected chi connectivity index (χ4v) is 1.90. The number of rotatable bonds is 6. The molecule has 1 aromatic heterocycles. The van der Waals surface area contributed by atoms with Gasteiger partial charge in [-0.3, -0.25) is 25.8 Å². The smallest absolute Gasteiger partial charge is 0.287 e. The van der Waals surface area contributed by atoms with Gasteiger partial charge in [-0.1, -0.05) is 18.2 Å². The average Bonchev–Trinajstić information content (AvgIpc) is 2.53. The molecule has 8 heteroatoms. The lowest BCUT2D eigenvalue weighted by molar-refractivity contribution is -0.385. The van der Waals surface area contributed by atoms with Crippen molar-refractivity contribution >= 4 is 17.4 Å². The maximum absolute atomic E-state index is 11.8. The van der Waals surface area contributed by atoms with Gasteiger partial charge in [0.1, 0.15) is 17.8 Å². The van der Waals surface area contributed by atoms with Crippen LogP contribution in [0.25, 0.3) is 0 Å². The number of hydrogen-bond acceptors (Lipinski definition) is 6. The Morgan fingerprint density at radius 1 is 1.26 bits per heavy atom. The molecular formula is C15H16N4O4. The summed E-state index contributed by atoms with van der Waals surface area (Å²) in [5, 5.41) is 10.5. The van der Waals surface area contributed by atoms with E-state index in [0.717, 1.165) is 17.3 Å². The van der Waals surface area contributed by atoms with Gasteiger partial charge in [-0.2, -0.15) is 0 Å². The van der Waals surface area contributed by atoms with Gasteiger partial charge in [0.15, 0.2) is 6.61 Å². The first-order valence-electron chi connectivity index (χ1n) is 6.81. The van der Waals surface area contributed by atoms with E-state index < -0.39 is 10.8 Å². The number of hydrogen-bond donors (Lipinski definition) is 2. The van der Waals surface area contributed by atoms with Gasteiger partial charge in [0.05, 0.1) is 4.92 Å². The average molecular weight is 316 g/mol. The van der Waals surface area contributed by atoms with Crippen molar-refractivity contribution in [2.45, 2.75) is 13.8 Å². The van der Waals surface area contributed by atoms with Crippen LogP contribution >= 0.6 is 0 Å². The van der Waals surface area contributed by atoms with E-state index in [1.807, 2.05) is 32.0 Å². The number of anilines is 1. The standard InChI is InChI=1S/C15H16N4O4/c1-10-4-3-5-11(2)15(10)23-9-14(20)18-17-13-7-6-12(8-16-13)19(21)22/h3-8H,9H2,1-2H3,(H,16,17)(H,18,20). The largest absolute Gasteiger partial charge is 0.483 e. The molecule has 8 nitrogen and oxygen atoms in total. The Labute approximate surface area is 132 Å². The molecule has 0 aliphatic heterocycles. The molecule has 0 saturated heterocycles. The molecule has 0 bridgehead atoms. The number of nitrogens with zero attached hydrogens (tertiary/aromatic N) is 2. The van der Waals surface area contributed by atoms with Crippen LogP contribution in [0.3, 0.4) is 0 Å². The summed E-state index contributed by atoms with van der Waals surface area (Å²) in [6, 6.07) is 8.40.